The summed E-state index contributed by atoms with van der Waals surface area (Å²) < 4.78 is 29.5. The molecule has 3 rings (SSSR count). The number of hydrogen-bond donors (Lipinski definition) is 2. The molecule has 5 nitrogen and oxygen atoms in total. The van der Waals surface area contributed by atoms with E-state index in [2.05, 4.69) is 16.9 Å². The first-order valence-electron chi connectivity index (χ1n) is 7.66. The molecular weight excluding hydrogens is 286 g/mol. The number of benzene rings is 1. The maximum Gasteiger partial charge on any atom is 0.280 e. The Kier molecular flexibility index (Phi) is 4.31. The average Bonchev–Trinajstić information content (AvgIpc) is 3.26. The number of nitrogens with two attached hydrogens (primary N) is 1. The summed E-state index contributed by atoms with van der Waals surface area (Å²) >= 11 is 0. The molecule has 2 aliphatic rings. The van der Waals surface area contributed by atoms with Crippen molar-refractivity contribution in [2.75, 3.05) is 13.1 Å². The van der Waals surface area contributed by atoms with Gasteiger partial charge in [-0.2, -0.15) is 17.4 Å². The van der Waals surface area contributed by atoms with E-state index in [1.165, 1.54) is 5.56 Å². The van der Waals surface area contributed by atoms with Crippen molar-refractivity contribution in [3.63, 3.8) is 0 Å². The van der Waals surface area contributed by atoms with E-state index in [0.717, 1.165) is 25.7 Å². The molecule has 3 unspecified atom stereocenters. The Bertz CT molecular complexity index is 576. The van der Waals surface area contributed by atoms with Crippen LogP contribution in [0, 0.1) is 0 Å². The number of nitrogens with zero attached hydrogens (tertiary/aromatic N) is 1. The molecule has 0 radical (unpaired) electrons. The van der Waals surface area contributed by atoms with Gasteiger partial charge in [0.05, 0.1) is 0 Å². The average molecular weight is 309 g/mol. The van der Waals surface area contributed by atoms with Crippen molar-refractivity contribution in [2.45, 2.75) is 43.7 Å². The van der Waals surface area contributed by atoms with Crippen LogP contribution >= 0.6 is 0 Å². The fraction of sp³-hybridized carbons (Fsp3) is 0.600. The predicted molar refractivity (Wildman–Crippen MR) is 83.0 cm³/mol. The lowest BCUT2D eigenvalue weighted by molar-refractivity contribution is 0.254. The molecule has 0 bridgehead atoms. The van der Waals surface area contributed by atoms with Crippen LogP contribution in [0.2, 0.25) is 0 Å². The van der Waals surface area contributed by atoms with Crippen LogP contribution < -0.4 is 10.5 Å². The lowest BCUT2D eigenvalue weighted by atomic mass is 10.1. The summed E-state index contributed by atoms with van der Waals surface area (Å²) in [5, 5.41) is 0. The van der Waals surface area contributed by atoms with Crippen molar-refractivity contribution < 1.29 is 8.42 Å². The minimum absolute atomic E-state index is 0.0257. The van der Waals surface area contributed by atoms with E-state index >= 15 is 0 Å². The first kappa shape index (κ1) is 15.0. The van der Waals surface area contributed by atoms with E-state index in [1.807, 2.05) is 18.2 Å². The Balaban J connectivity index is 1.65. The minimum Gasteiger partial charge on any atom is -0.329 e. The van der Waals surface area contributed by atoms with Gasteiger partial charge in [0.1, 0.15) is 0 Å². The second-order valence-corrected chi connectivity index (χ2v) is 7.63. The highest BCUT2D eigenvalue weighted by atomic mass is 32.2. The molecule has 1 saturated carbocycles. The maximum absolute atomic E-state index is 12.5. The smallest absolute Gasteiger partial charge is 0.280 e. The zero-order chi connectivity index (χ0) is 14.9. The van der Waals surface area contributed by atoms with Gasteiger partial charge in [0, 0.05) is 31.1 Å². The molecule has 116 valence electrons. The second-order valence-electron chi connectivity index (χ2n) is 5.98. The zero-order valence-corrected chi connectivity index (χ0v) is 12.9. The zero-order valence-electron chi connectivity index (χ0n) is 12.1. The lowest BCUT2D eigenvalue weighted by Gasteiger charge is -2.33. The molecule has 1 aromatic carbocycles. The summed E-state index contributed by atoms with van der Waals surface area (Å²) in [7, 11) is -3.42. The molecule has 1 aliphatic heterocycles. The van der Waals surface area contributed by atoms with Crippen molar-refractivity contribution >= 4 is 10.2 Å². The van der Waals surface area contributed by atoms with Gasteiger partial charge in [-0.3, -0.25) is 0 Å². The van der Waals surface area contributed by atoms with Gasteiger partial charge in [-0.25, -0.2) is 0 Å². The SMILES string of the molecule is NCC1CCCCN1S(=O)(=O)NC1CC1c1ccccc1. The van der Waals surface area contributed by atoms with Gasteiger partial charge in [0.2, 0.25) is 0 Å². The molecule has 21 heavy (non-hydrogen) atoms. The summed E-state index contributed by atoms with van der Waals surface area (Å²) in [5.41, 5.74) is 6.93. The Morgan fingerprint density at radius 2 is 2.00 bits per heavy atom. The molecule has 1 aromatic rings. The van der Waals surface area contributed by atoms with E-state index < -0.39 is 10.2 Å². The molecule has 0 spiro atoms. The molecule has 1 heterocycles. The lowest BCUT2D eigenvalue weighted by Crippen LogP contribution is -2.52. The van der Waals surface area contributed by atoms with Gasteiger partial charge in [0.25, 0.3) is 10.2 Å². The van der Waals surface area contributed by atoms with Gasteiger partial charge < -0.3 is 5.73 Å². The molecular formula is C15H23N3O2S. The minimum atomic E-state index is -3.42. The monoisotopic (exact) mass is 309 g/mol. The molecule has 1 aliphatic carbocycles. The number of nitrogens with one attached hydrogen (secondary N) is 1. The molecule has 3 N–H and O–H groups in total. The Morgan fingerprint density at radius 3 is 2.71 bits per heavy atom. The highest BCUT2D eigenvalue weighted by Crippen LogP contribution is 2.41. The van der Waals surface area contributed by atoms with Crippen molar-refractivity contribution in [3.05, 3.63) is 35.9 Å². The van der Waals surface area contributed by atoms with Gasteiger partial charge in [0.15, 0.2) is 0 Å². The fourth-order valence-electron chi connectivity index (χ4n) is 3.18. The largest absolute Gasteiger partial charge is 0.329 e. The highest BCUT2D eigenvalue weighted by Gasteiger charge is 2.43. The highest BCUT2D eigenvalue weighted by molar-refractivity contribution is 7.87. The van der Waals surface area contributed by atoms with E-state index in [9.17, 15) is 8.42 Å². The van der Waals surface area contributed by atoms with Crippen LogP contribution in [0.15, 0.2) is 30.3 Å². The van der Waals surface area contributed by atoms with Crippen molar-refractivity contribution in [1.29, 1.82) is 0 Å². The maximum atomic E-state index is 12.5. The third-order valence-corrected chi connectivity index (χ3v) is 6.17. The topological polar surface area (TPSA) is 75.4 Å². The third-order valence-electron chi connectivity index (χ3n) is 4.47. The molecule has 1 saturated heterocycles. The van der Waals surface area contributed by atoms with Gasteiger partial charge in [-0.05, 0) is 24.8 Å². The van der Waals surface area contributed by atoms with Crippen molar-refractivity contribution in [2.24, 2.45) is 5.73 Å². The van der Waals surface area contributed by atoms with Crippen LogP contribution in [-0.2, 0) is 10.2 Å². The normalized spacial score (nSPS) is 30.2. The Morgan fingerprint density at radius 1 is 1.24 bits per heavy atom. The number of piperidine rings is 1. The Hall–Kier alpha value is -0.950. The molecule has 0 amide bonds. The molecule has 0 aromatic heterocycles. The van der Waals surface area contributed by atoms with Crippen molar-refractivity contribution in [1.82, 2.24) is 9.03 Å². The molecule has 2 fully saturated rings. The Labute approximate surface area is 126 Å². The number of hydrogen-bond acceptors (Lipinski definition) is 3. The van der Waals surface area contributed by atoms with E-state index in [4.69, 9.17) is 5.73 Å². The van der Waals surface area contributed by atoms with Crippen LogP contribution in [0.25, 0.3) is 0 Å². The van der Waals surface area contributed by atoms with Crippen LogP contribution in [-0.4, -0.2) is 37.9 Å². The summed E-state index contributed by atoms with van der Waals surface area (Å²) in [6.45, 7) is 0.980. The molecule has 6 heteroatoms. The summed E-state index contributed by atoms with van der Waals surface area (Å²) in [4.78, 5) is 0. The van der Waals surface area contributed by atoms with Gasteiger partial charge in [-0.15, -0.1) is 0 Å². The number of rotatable bonds is 5. The van der Waals surface area contributed by atoms with Crippen LogP contribution in [0.5, 0.6) is 0 Å². The standard InChI is InChI=1S/C15H23N3O2S/c16-11-13-8-4-5-9-18(13)21(19,20)17-15-10-14(15)12-6-2-1-3-7-12/h1-3,6-7,13-15,17H,4-5,8-11,16H2. The quantitative estimate of drug-likeness (QED) is 0.858. The first-order chi connectivity index (χ1) is 10.1. The van der Waals surface area contributed by atoms with Crippen LogP contribution in [0.1, 0.15) is 37.2 Å². The van der Waals surface area contributed by atoms with Gasteiger partial charge >= 0.3 is 0 Å². The summed E-state index contributed by atoms with van der Waals surface area (Å²) in [5.74, 6) is 0.307. The van der Waals surface area contributed by atoms with E-state index in [0.29, 0.717) is 19.0 Å². The predicted octanol–water partition coefficient (Wildman–Crippen LogP) is 1.19. The van der Waals surface area contributed by atoms with Crippen LogP contribution in [0.3, 0.4) is 0 Å². The van der Waals surface area contributed by atoms with E-state index in [1.54, 1.807) is 4.31 Å². The second kappa shape index (κ2) is 6.04. The summed E-state index contributed by atoms with van der Waals surface area (Å²) in [6, 6.07) is 10.1. The van der Waals surface area contributed by atoms with E-state index in [-0.39, 0.29) is 12.1 Å². The molecule has 3 atom stereocenters. The van der Waals surface area contributed by atoms with Gasteiger partial charge in [-0.1, -0.05) is 36.8 Å². The third kappa shape index (κ3) is 3.29. The first-order valence-corrected chi connectivity index (χ1v) is 9.10. The van der Waals surface area contributed by atoms with Crippen LogP contribution in [0.4, 0.5) is 0 Å². The fourth-order valence-corrected chi connectivity index (χ4v) is 4.91. The summed E-state index contributed by atoms with van der Waals surface area (Å²) in [6.07, 6.45) is 3.72. The van der Waals surface area contributed by atoms with Crippen molar-refractivity contribution in [3.8, 4) is 0 Å².